The predicted molar refractivity (Wildman–Crippen MR) is 73.6 cm³/mol. The summed E-state index contributed by atoms with van der Waals surface area (Å²) in [6.45, 7) is 4.11. The van der Waals surface area contributed by atoms with Gasteiger partial charge >= 0.3 is 0 Å². The number of aliphatic hydroxyl groups excluding tert-OH is 1. The molecule has 2 aliphatic rings. The molecule has 1 saturated heterocycles. The number of hydrogen-bond donors (Lipinski definition) is 2. The van der Waals surface area contributed by atoms with Gasteiger partial charge in [0.05, 0.1) is 12.2 Å². The third-order valence-corrected chi connectivity index (χ3v) is 4.52. The van der Waals surface area contributed by atoms with Crippen LogP contribution in [0.1, 0.15) is 58.3 Å². The van der Waals surface area contributed by atoms with Crippen LogP contribution in [0.3, 0.4) is 0 Å². The van der Waals surface area contributed by atoms with Crippen molar-refractivity contribution in [3.63, 3.8) is 0 Å². The summed E-state index contributed by atoms with van der Waals surface area (Å²) in [6, 6.07) is 0.601. The van der Waals surface area contributed by atoms with Crippen LogP contribution in [0.5, 0.6) is 0 Å². The van der Waals surface area contributed by atoms with Gasteiger partial charge in [-0.05, 0) is 38.0 Å². The molecule has 0 amide bonds. The van der Waals surface area contributed by atoms with Crippen molar-refractivity contribution in [2.45, 2.75) is 76.5 Å². The SMILES string of the molecule is CCCC1CC(NCC2CCCCC2O)CCO1. The molecule has 0 aromatic carbocycles. The first-order chi connectivity index (χ1) is 8.79. The molecule has 1 saturated carbocycles. The van der Waals surface area contributed by atoms with E-state index in [0.717, 1.165) is 32.4 Å². The van der Waals surface area contributed by atoms with Gasteiger partial charge in [0, 0.05) is 19.2 Å². The van der Waals surface area contributed by atoms with Crippen LogP contribution in [0.25, 0.3) is 0 Å². The van der Waals surface area contributed by atoms with Gasteiger partial charge in [0.15, 0.2) is 0 Å². The molecule has 1 aliphatic heterocycles. The highest BCUT2D eigenvalue weighted by Gasteiger charge is 2.26. The fraction of sp³-hybridized carbons (Fsp3) is 1.00. The minimum atomic E-state index is -0.0717. The van der Waals surface area contributed by atoms with Crippen molar-refractivity contribution in [2.24, 2.45) is 5.92 Å². The summed E-state index contributed by atoms with van der Waals surface area (Å²) in [5.74, 6) is 0.478. The maximum Gasteiger partial charge on any atom is 0.0589 e. The zero-order valence-electron chi connectivity index (χ0n) is 11.7. The second-order valence-corrected chi connectivity index (χ2v) is 6.02. The second kappa shape index (κ2) is 7.46. The van der Waals surface area contributed by atoms with Crippen LogP contribution in [0, 0.1) is 5.92 Å². The van der Waals surface area contributed by atoms with Crippen molar-refractivity contribution in [2.75, 3.05) is 13.2 Å². The lowest BCUT2D eigenvalue weighted by Gasteiger charge is -2.33. The standard InChI is InChI=1S/C15H29NO2/c1-2-5-14-10-13(8-9-18-14)16-11-12-6-3-4-7-15(12)17/h12-17H,2-11H2,1H3. The predicted octanol–water partition coefficient (Wildman–Crippen LogP) is 2.47. The number of rotatable bonds is 5. The van der Waals surface area contributed by atoms with Gasteiger partial charge in [-0.25, -0.2) is 0 Å². The molecule has 3 heteroatoms. The minimum absolute atomic E-state index is 0.0717. The molecule has 0 spiro atoms. The Hall–Kier alpha value is -0.120. The highest BCUT2D eigenvalue weighted by Crippen LogP contribution is 2.24. The van der Waals surface area contributed by atoms with Crippen LogP contribution in [0.15, 0.2) is 0 Å². The zero-order valence-corrected chi connectivity index (χ0v) is 11.7. The summed E-state index contributed by atoms with van der Waals surface area (Å²) in [5.41, 5.74) is 0. The topological polar surface area (TPSA) is 41.5 Å². The number of nitrogens with one attached hydrogen (secondary N) is 1. The van der Waals surface area contributed by atoms with Gasteiger partial charge in [0.1, 0.15) is 0 Å². The molecule has 2 fully saturated rings. The minimum Gasteiger partial charge on any atom is -0.393 e. The van der Waals surface area contributed by atoms with Crippen LogP contribution < -0.4 is 5.32 Å². The largest absolute Gasteiger partial charge is 0.393 e. The Morgan fingerprint density at radius 1 is 1.22 bits per heavy atom. The highest BCUT2D eigenvalue weighted by atomic mass is 16.5. The van der Waals surface area contributed by atoms with Crippen molar-refractivity contribution < 1.29 is 9.84 Å². The van der Waals surface area contributed by atoms with E-state index < -0.39 is 0 Å². The highest BCUT2D eigenvalue weighted by molar-refractivity contribution is 4.81. The molecule has 1 aliphatic carbocycles. The lowest BCUT2D eigenvalue weighted by Crippen LogP contribution is -2.43. The maximum absolute atomic E-state index is 9.97. The van der Waals surface area contributed by atoms with Crippen LogP contribution >= 0.6 is 0 Å². The number of ether oxygens (including phenoxy) is 1. The number of aliphatic hydroxyl groups is 1. The normalized spacial score (nSPS) is 37.7. The molecule has 0 radical (unpaired) electrons. The molecule has 2 N–H and O–H groups in total. The van der Waals surface area contributed by atoms with Gasteiger partial charge in [0.25, 0.3) is 0 Å². The molecule has 1 heterocycles. The molecular weight excluding hydrogens is 226 g/mol. The van der Waals surface area contributed by atoms with E-state index >= 15 is 0 Å². The summed E-state index contributed by atoms with van der Waals surface area (Å²) in [5, 5.41) is 13.6. The molecule has 18 heavy (non-hydrogen) atoms. The number of hydrogen-bond acceptors (Lipinski definition) is 3. The van der Waals surface area contributed by atoms with Gasteiger partial charge < -0.3 is 15.2 Å². The van der Waals surface area contributed by atoms with Gasteiger partial charge in [-0.2, -0.15) is 0 Å². The Morgan fingerprint density at radius 2 is 2.06 bits per heavy atom. The van der Waals surface area contributed by atoms with Crippen molar-refractivity contribution in [3.8, 4) is 0 Å². The average molecular weight is 255 g/mol. The van der Waals surface area contributed by atoms with E-state index in [1.54, 1.807) is 0 Å². The van der Waals surface area contributed by atoms with E-state index in [4.69, 9.17) is 4.74 Å². The third kappa shape index (κ3) is 4.22. The quantitative estimate of drug-likeness (QED) is 0.793. The molecule has 4 atom stereocenters. The van der Waals surface area contributed by atoms with Gasteiger partial charge in [-0.3, -0.25) is 0 Å². The van der Waals surface area contributed by atoms with E-state index in [1.807, 2.05) is 0 Å². The average Bonchev–Trinajstić information content (AvgIpc) is 2.39. The Kier molecular flexibility index (Phi) is 5.93. The summed E-state index contributed by atoms with van der Waals surface area (Å²) < 4.78 is 5.77. The molecular formula is C15H29NO2. The Balaban J connectivity index is 1.69. The molecule has 0 bridgehead atoms. The van der Waals surface area contributed by atoms with E-state index in [2.05, 4.69) is 12.2 Å². The summed E-state index contributed by atoms with van der Waals surface area (Å²) in [4.78, 5) is 0. The van der Waals surface area contributed by atoms with E-state index in [0.29, 0.717) is 18.1 Å². The van der Waals surface area contributed by atoms with Crippen molar-refractivity contribution in [1.82, 2.24) is 5.32 Å². The lowest BCUT2D eigenvalue weighted by atomic mass is 9.86. The first-order valence-corrected chi connectivity index (χ1v) is 7.82. The van der Waals surface area contributed by atoms with Crippen LogP contribution in [-0.4, -0.2) is 36.5 Å². The van der Waals surface area contributed by atoms with E-state index in [1.165, 1.54) is 32.1 Å². The Morgan fingerprint density at radius 3 is 2.83 bits per heavy atom. The molecule has 3 nitrogen and oxygen atoms in total. The molecule has 2 rings (SSSR count). The van der Waals surface area contributed by atoms with Crippen molar-refractivity contribution >= 4 is 0 Å². The lowest BCUT2D eigenvalue weighted by molar-refractivity contribution is -0.00613. The maximum atomic E-state index is 9.97. The molecule has 106 valence electrons. The van der Waals surface area contributed by atoms with Crippen LogP contribution in [0.4, 0.5) is 0 Å². The van der Waals surface area contributed by atoms with Crippen LogP contribution in [0.2, 0.25) is 0 Å². The Labute approximate surface area is 111 Å². The first kappa shape index (κ1) is 14.3. The summed E-state index contributed by atoms with van der Waals surface area (Å²) in [7, 11) is 0. The molecule has 0 aromatic rings. The van der Waals surface area contributed by atoms with Crippen molar-refractivity contribution in [1.29, 1.82) is 0 Å². The van der Waals surface area contributed by atoms with Crippen molar-refractivity contribution in [3.05, 3.63) is 0 Å². The molecule has 0 aromatic heterocycles. The Bertz CT molecular complexity index is 233. The fourth-order valence-corrected chi connectivity index (χ4v) is 3.33. The monoisotopic (exact) mass is 255 g/mol. The zero-order chi connectivity index (χ0) is 12.8. The van der Waals surface area contributed by atoms with E-state index in [9.17, 15) is 5.11 Å². The van der Waals surface area contributed by atoms with Gasteiger partial charge in [0.2, 0.25) is 0 Å². The third-order valence-electron chi connectivity index (χ3n) is 4.52. The molecule has 4 unspecified atom stereocenters. The first-order valence-electron chi connectivity index (χ1n) is 7.82. The summed E-state index contributed by atoms with van der Waals surface area (Å²) >= 11 is 0. The van der Waals surface area contributed by atoms with E-state index in [-0.39, 0.29) is 6.10 Å². The smallest absolute Gasteiger partial charge is 0.0589 e. The van der Waals surface area contributed by atoms with Crippen LogP contribution in [-0.2, 0) is 4.74 Å². The van der Waals surface area contributed by atoms with Gasteiger partial charge in [-0.1, -0.05) is 26.2 Å². The van der Waals surface area contributed by atoms with Gasteiger partial charge in [-0.15, -0.1) is 0 Å². The fourth-order valence-electron chi connectivity index (χ4n) is 3.33. The second-order valence-electron chi connectivity index (χ2n) is 6.02. The summed E-state index contributed by atoms with van der Waals surface area (Å²) in [6.07, 6.45) is 9.73.